The van der Waals surface area contributed by atoms with Crippen molar-refractivity contribution >= 4 is 11.6 Å². The highest BCUT2D eigenvalue weighted by atomic mass is 16.5. The molecule has 0 spiro atoms. The van der Waals surface area contributed by atoms with Crippen LogP contribution in [0.4, 0.5) is 5.69 Å². The number of aryl methyl sites for hydroxylation is 2. The number of rotatable bonds is 7. The van der Waals surface area contributed by atoms with Crippen molar-refractivity contribution in [3.8, 4) is 11.5 Å². The summed E-state index contributed by atoms with van der Waals surface area (Å²) in [6.07, 6.45) is 0. The van der Waals surface area contributed by atoms with Crippen LogP contribution in [-0.4, -0.2) is 53.6 Å². The van der Waals surface area contributed by atoms with Crippen molar-refractivity contribution in [2.75, 3.05) is 38.0 Å². The molecule has 1 aromatic heterocycles. The molecule has 0 atom stereocenters. The Morgan fingerprint density at radius 1 is 1.03 bits per heavy atom. The average molecular weight is 421 g/mol. The van der Waals surface area contributed by atoms with Crippen LogP contribution in [0.2, 0.25) is 0 Å². The van der Waals surface area contributed by atoms with Crippen LogP contribution in [0.25, 0.3) is 0 Å². The minimum absolute atomic E-state index is 0.0412. The van der Waals surface area contributed by atoms with Crippen LogP contribution in [0, 0.1) is 13.8 Å². The SMILES string of the molecule is Cc1ccc(Oc2ccccc2NC(=O)CN2CCN(Cc3cc(C)on3)CC2)cc1. The molecule has 1 fully saturated rings. The number of hydrogen-bond donors (Lipinski definition) is 1. The number of hydrogen-bond acceptors (Lipinski definition) is 6. The van der Waals surface area contributed by atoms with Crippen LogP contribution >= 0.6 is 0 Å². The molecule has 0 saturated carbocycles. The van der Waals surface area contributed by atoms with Crippen molar-refractivity contribution in [3.63, 3.8) is 0 Å². The van der Waals surface area contributed by atoms with E-state index in [1.807, 2.05) is 68.4 Å². The molecule has 0 unspecified atom stereocenters. The summed E-state index contributed by atoms with van der Waals surface area (Å²) in [7, 11) is 0. The van der Waals surface area contributed by atoms with Gasteiger partial charge >= 0.3 is 0 Å². The molecule has 1 aliphatic rings. The van der Waals surface area contributed by atoms with Crippen molar-refractivity contribution in [2.24, 2.45) is 0 Å². The van der Waals surface area contributed by atoms with E-state index in [2.05, 4.69) is 20.3 Å². The van der Waals surface area contributed by atoms with Crippen LogP contribution in [0.3, 0.4) is 0 Å². The Kier molecular flexibility index (Phi) is 6.64. The number of anilines is 1. The summed E-state index contributed by atoms with van der Waals surface area (Å²) in [5.74, 6) is 2.16. The number of piperazine rings is 1. The number of benzene rings is 2. The van der Waals surface area contributed by atoms with Crippen LogP contribution in [0.15, 0.2) is 59.1 Å². The first kappa shape index (κ1) is 21.1. The molecule has 1 N–H and O–H groups in total. The number of carbonyl (C=O) groups excluding carboxylic acids is 1. The Bertz CT molecular complexity index is 1010. The highest BCUT2D eigenvalue weighted by Gasteiger charge is 2.20. The fourth-order valence-corrected chi connectivity index (χ4v) is 3.61. The van der Waals surface area contributed by atoms with Crippen LogP contribution in [0.1, 0.15) is 17.0 Å². The highest BCUT2D eigenvalue weighted by molar-refractivity contribution is 5.93. The molecule has 7 nitrogen and oxygen atoms in total. The van der Waals surface area contributed by atoms with Gasteiger partial charge in [0.05, 0.1) is 17.9 Å². The molecule has 162 valence electrons. The zero-order chi connectivity index (χ0) is 21.6. The predicted octanol–water partition coefficient (Wildman–Crippen LogP) is 3.84. The number of ether oxygens (including phenoxy) is 1. The van der Waals surface area contributed by atoms with Gasteiger partial charge in [0, 0.05) is 38.8 Å². The number of para-hydroxylation sites is 2. The molecular weight excluding hydrogens is 392 g/mol. The summed E-state index contributed by atoms with van der Waals surface area (Å²) in [4.78, 5) is 17.2. The van der Waals surface area contributed by atoms with Crippen LogP contribution in [0.5, 0.6) is 11.5 Å². The molecule has 3 aromatic rings. The maximum absolute atomic E-state index is 12.7. The van der Waals surface area contributed by atoms with Gasteiger partial charge in [-0.1, -0.05) is 35.0 Å². The first-order valence-corrected chi connectivity index (χ1v) is 10.6. The van der Waals surface area contributed by atoms with Gasteiger partial charge in [0.2, 0.25) is 5.91 Å². The first-order valence-electron chi connectivity index (χ1n) is 10.6. The van der Waals surface area contributed by atoms with Crippen molar-refractivity contribution in [2.45, 2.75) is 20.4 Å². The molecular formula is C24H28N4O3. The van der Waals surface area contributed by atoms with Gasteiger partial charge < -0.3 is 14.6 Å². The summed E-state index contributed by atoms with van der Waals surface area (Å²) in [6, 6.07) is 17.3. The third-order valence-corrected chi connectivity index (χ3v) is 5.30. The standard InChI is InChI=1S/C24H28N4O3/c1-18-7-9-21(10-8-18)30-23-6-4-3-5-22(23)25-24(29)17-28-13-11-27(12-14-28)16-20-15-19(2)31-26-20/h3-10,15H,11-14,16-17H2,1-2H3,(H,25,29). The monoisotopic (exact) mass is 420 g/mol. The van der Waals surface area contributed by atoms with E-state index in [1.165, 1.54) is 5.56 Å². The number of nitrogens with zero attached hydrogens (tertiary/aromatic N) is 3. The second kappa shape index (κ2) is 9.76. The van der Waals surface area contributed by atoms with Gasteiger partial charge in [-0.3, -0.25) is 14.6 Å². The van der Waals surface area contributed by atoms with Gasteiger partial charge in [0.15, 0.2) is 5.75 Å². The van der Waals surface area contributed by atoms with E-state index in [1.54, 1.807) is 0 Å². The van der Waals surface area contributed by atoms with Gasteiger partial charge in [-0.05, 0) is 38.1 Å². The first-order chi connectivity index (χ1) is 15.0. The predicted molar refractivity (Wildman–Crippen MR) is 119 cm³/mol. The fraction of sp³-hybridized carbons (Fsp3) is 0.333. The summed E-state index contributed by atoms with van der Waals surface area (Å²) in [5, 5.41) is 7.06. The molecule has 1 aliphatic heterocycles. The molecule has 0 aliphatic carbocycles. The Labute approximate surface area is 182 Å². The van der Waals surface area contributed by atoms with Crippen molar-refractivity contribution in [1.29, 1.82) is 0 Å². The lowest BCUT2D eigenvalue weighted by Crippen LogP contribution is -2.48. The quantitative estimate of drug-likeness (QED) is 0.626. The summed E-state index contributed by atoms with van der Waals surface area (Å²) >= 11 is 0. The van der Waals surface area contributed by atoms with Gasteiger partial charge in [-0.15, -0.1) is 0 Å². The Balaban J connectivity index is 1.28. The molecule has 2 heterocycles. The molecule has 1 amide bonds. The lowest BCUT2D eigenvalue weighted by Gasteiger charge is -2.33. The normalized spacial score (nSPS) is 15.0. The van der Waals surface area contributed by atoms with E-state index < -0.39 is 0 Å². The lowest BCUT2D eigenvalue weighted by molar-refractivity contribution is -0.117. The minimum Gasteiger partial charge on any atom is -0.455 e. The second-order valence-corrected chi connectivity index (χ2v) is 7.94. The Morgan fingerprint density at radius 2 is 1.74 bits per heavy atom. The van der Waals surface area contributed by atoms with Crippen LogP contribution in [-0.2, 0) is 11.3 Å². The zero-order valence-corrected chi connectivity index (χ0v) is 18.0. The molecule has 1 saturated heterocycles. The van der Waals surface area contributed by atoms with Gasteiger partial charge in [-0.25, -0.2) is 0 Å². The van der Waals surface area contributed by atoms with E-state index in [9.17, 15) is 4.79 Å². The summed E-state index contributed by atoms with van der Waals surface area (Å²) in [5.41, 5.74) is 2.80. The molecule has 0 radical (unpaired) electrons. The number of nitrogens with one attached hydrogen (secondary N) is 1. The third kappa shape index (κ3) is 5.93. The third-order valence-electron chi connectivity index (χ3n) is 5.30. The van der Waals surface area contributed by atoms with Crippen molar-refractivity contribution in [1.82, 2.24) is 15.0 Å². The molecule has 0 bridgehead atoms. The Morgan fingerprint density at radius 3 is 2.45 bits per heavy atom. The van der Waals surface area contributed by atoms with E-state index in [0.717, 1.165) is 49.9 Å². The summed E-state index contributed by atoms with van der Waals surface area (Å²) in [6.45, 7) is 8.54. The molecule has 2 aromatic carbocycles. The molecule has 4 rings (SSSR count). The van der Waals surface area contributed by atoms with E-state index in [-0.39, 0.29) is 5.91 Å². The number of aromatic nitrogens is 1. The number of carbonyl (C=O) groups is 1. The van der Waals surface area contributed by atoms with E-state index in [4.69, 9.17) is 9.26 Å². The second-order valence-electron chi connectivity index (χ2n) is 7.94. The van der Waals surface area contributed by atoms with Gasteiger partial charge in [0.25, 0.3) is 0 Å². The largest absolute Gasteiger partial charge is 0.455 e. The lowest BCUT2D eigenvalue weighted by atomic mass is 10.2. The topological polar surface area (TPSA) is 70.8 Å². The fourth-order valence-electron chi connectivity index (χ4n) is 3.61. The zero-order valence-electron chi connectivity index (χ0n) is 18.0. The van der Waals surface area contributed by atoms with Crippen LogP contribution < -0.4 is 10.1 Å². The van der Waals surface area contributed by atoms with Crippen molar-refractivity contribution in [3.05, 3.63) is 71.6 Å². The highest BCUT2D eigenvalue weighted by Crippen LogP contribution is 2.29. The van der Waals surface area contributed by atoms with Gasteiger partial charge in [-0.2, -0.15) is 0 Å². The minimum atomic E-state index is -0.0412. The maximum Gasteiger partial charge on any atom is 0.238 e. The van der Waals surface area contributed by atoms with Crippen molar-refractivity contribution < 1.29 is 14.1 Å². The number of amides is 1. The van der Waals surface area contributed by atoms with Gasteiger partial charge in [0.1, 0.15) is 11.5 Å². The smallest absolute Gasteiger partial charge is 0.238 e. The average Bonchev–Trinajstić information content (AvgIpc) is 3.17. The Hall–Kier alpha value is -3.16. The van der Waals surface area contributed by atoms with E-state index in [0.29, 0.717) is 18.0 Å². The molecule has 31 heavy (non-hydrogen) atoms. The maximum atomic E-state index is 12.7. The summed E-state index contributed by atoms with van der Waals surface area (Å²) < 4.78 is 11.1. The van der Waals surface area contributed by atoms with E-state index >= 15 is 0 Å². The molecule has 7 heteroatoms.